The van der Waals surface area contributed by atoms with Crippen molar-refractivity contribution in [2.24, 2.45) is 0 Å². The van der Waals surface area contributed by atoms with Crippen LogP contribution in [0.5, 0.6) is 0 Å². The van der Waals surface area contributed by atoms with Gasteiger partial charge in [0.2, 0.25) is 0 Å². The number of fused-ring (bicyclic) bond motifs is 3. The van der Waals surface area contributed by atoms with Gasteiger partial charge in [0.1, 0.15) is 17.4 Å². The smallest absolute Gasteiger partial charge is 0.273 e. The maximum Gasteiger partial charge on any atom is 0.273 e. The molecule has 0 aliphatic rings. The summed E-state index contributed by atoms with van der Waals surface area (Å²) in [5, 5.41) is 5.00. The van der Waals surface area contributed by atoms with E-state index in [0.717, 1.165) is 27.0 Å². The summed E-state index contributed by atoms with van der Waals surface area (Å²) in [6.07, 6.45) is 8.84. The van der Waals surface area contributed by atoms with E-state index >= 15 is 0 Å². The van der Waals surface area contributed by atoms with E-state index in [-0.39, 0.29) is 5.56 Å². The zero-order valence-corrected chi connectivity index (χ0v) is 14.0. The van der Waals surface area contributed by atoms with Gasteiger partial charge in [-0.05, 0) is 24.3 Å². The SMILES string of the molecule is [B]c1ccc(-n2ccc3c(sc4nccc(NCC#C)c43)c2=O)cc1. The highest BCUT2D eigenvalue weighted by atomic mass is 32.1. The zero-order chi connectivity index (χ0) is 17.4. The lowest BCUT2D eigenvalue weighted by Crippen LogP contribution is -2.17. The molecule has 4 rings (SSSR count). The van der Waals surface area contributed by atoms with Crippen LogP contribution in [0.1, 0.15) is 0 Å². The van der Waals surface area contributed by atoms with E-state index in [1.165, 1.54) is 11.3 Å². The van der Waals surface area contributed by atoms with Crippen molar-refractivity contribution < 1.29 is 0 Å². The lowest BCUT2D eigenvalue weighted by atomic mass is 9.96. The van der Waals surface area contributed by atoms with E-state index in [1.807, 2.05) is 24.3 Å². The van der Waals surface area contributed by atoms with Crippen LogP contribution in [0.15, 0.2) is 53.6 Å². The maximum atomic E-state index is 13.0. The van der Waals surface area contributed by atoms with Crippen LogP contribution in [0, 0.1) is 12.3 Å². The maximum absolute atomic E-state index is 13.0. The summed E-state index contributed by atoms with van der Waals surface area (Å²) < 4.78 is 2.28. The Kier molecular flexibility index (Phi) is 3.79. The lowest BCUT2D eigenvalue weighted by molar-refractivity contribution is 1.01. The largest absolute Gasteiger partial charge is 0.374 e. The van der Waals surface area contributed by atoms with Crippen LogP contribution in [-0.4, -0.2) is 23.9 Å². The number of pyridine rings is 2. The molecule has 0 aliphatic heterocycles. The number of hydrogen-bond donors (Lipinski definition) is 1. The van der Waals surface area contributed by atoms with Crippen LogP contribution in [0.2, 0.25) is 0 Å². The highest BCUT2D eigenvalue weighted by Crippen LogP contribution is 2.35. The molecule has 3 aromatic heterocycles. The van der Waals surface area contributed by atoms with E-state index in [0.29, 0.717) is 16.7 Å². The van der Waals surface area contributed by atoms with Crippen molar-refractivity contribution in [2.45, 2.75) is 0 Å². The van der Waals surface area contributed by atoms with E-state index < -0.39 is 0 Å². The van der Waals surface area contributed by atoms with E-state index in [2.05, 4.69) is 16.2 Å². The Bertz CT molecular complexity index is 1190. The number of nitrogens with zero attached hydrogens (tertiary/aromatic N) is 2. The molecule has 0 spiro atoms. The van der Waals surface area contributed by atoms with E-state index in [9.17, 15) is 4.79 Å². The van der Waals surface area contributed by atoms with Crippen molar-refractivity contribution >= 4 is 50.6 Å². The predicted octanol–water partition coefficient (Wildman–Crippen LogP) is 2.44. The molecule has 1 aromatic carbocycles. The van der Waals surface area contributed by atoms with Gasteiger partial charge >= 0.3 is 0 Å². The van der Waals surface area contributed by atoms with Gasteiger partial charge < -0.3 is 5.32 Å². The molecule has 25 heavy (non-hydrogen) atoms. The number of rotatable bonds is 3. The first-order chi connectivity index (χ1) is 12.2. The second kappa shape index (κ2) is 6.12. The third kappa shape index (κ3) is 2.59. The van der Waals surface area contributed by atoms with E-state index in [1.54, 1.807) is 29.1 Å². The normalized spacial score (nSPS) is 10.8. The number of hydrogen-bond acceptors (Lipinski definition) is 4. The standard InChI is InChI=1S/C19H12BN3OS/c1-2-9-21-15-7-10-22-18-16(15)14-8-11-23(19(24)17(14)25-18)13-5-3-12(20)4-6-13/h1,3-8,10-11H,9H2,(H,21,22). The van der Waals surface area contributed by atoms with Crippen molar-refractivity contribution in [1.82, 2.24) is 9.55 Å². The monoisotopic (exact) mass is 341 g/mol. The van der Waals surface area contributed by atoms with Crippen molar-refractivity contribution in [1.29, 1.82) is 0 Å². The van der Waals surface area contributed by atoms with Crippen LogP contribution in [0.4, 0.5) is 5.69 Å². The van der Waals surface area contributed by atoms with Gasteiger partial charge in [-0.25, -0.2) is 4.98 Å². The van der Waals surface area contributed by atoms with Crippen LogP contribution in [0.25, 0.3) is 26.0 Å². The summed E-state index contributed by atoms with van der Waals surface area (Å²) in [5.74, 6) is 2.56. The number of benzene rings is 1. The van der Waals surface area contributed by atoms with Crippen LogP contribution >= 0.6 is 11.3 Å². The van der Waals surface area contributed by atoms with Gasteiger partial charge in [0.05, 0.1) is 6.54 Å². The van der Waals surface area contributed by atoms with Gasteiger partial charge in [-0.3, -0.25) is 9.36 Å². The molecule has 0 saturated heterocycles. The number of aromatic nitrogens is 2. The highest BCUT2D eigenvalue weighted by Gasteiger charge is 2.14. The highest BCUT2D eigenvalue weighted by molar-refractivity contribution is 7.25. The number of nitrogens with one attached hydrogen (secondary N) is 1. The Morgan fingerprint density at radius 1 is 1.24 bits per heavy atom. The first-order valence-corrected chi connectivity index (χ1v) is 8.47. The molecule has 2 radical (unpaired) electrons. The van der Waals surface area contributed by atoms with Gasteiger partial charge in [0.15, 0.2) is 0 Å². The van der Waals surface area contributed by atoms with Crippen molar-refractivity contribution in [3.63, 3.8) is 0 Å². The van der Waals surface area contributed by atoms with Gasteiger partial charge in [-0.1, -0.05) is 23.5 Å². The molecule has 0 unspecified atom stereocenters. The minimum atomic E-state index is -0.0758. The molecule has 4 nitrogen and oxygen atoms in total. The van der Waals surface area contributed by atoms with E-state index in [4.69, 9.17) is 14.3 Å². The number of thiophene rings is 1. The topological polar surface area (TPSA) is 46.9 Å². The summed E-state index contributed by atoms with van der Waals surface area (Å²) in [6, 6.07) is 11.0. The number of terminal acetylenes is 1. The molecular formula is C19H12BN3OS. The first-order valence-electron chi connectivity index (χ1n) is 7.65. The Morgan fingerprint density at radius 3 is 2.80 bits per heavy atom. The van der Waals surface area contributed by atoms with Crippen molar-refractivity contribution in [2.75, 3.05) is 11.9 Å². The van der Waals surface area contributed by atoms with Crippen LogP contribution in [0.3, 0.4) is 0 Å². The fourth-order valence-electron chi connectivity index (χ4n) is 2.82. The average molecular weight is 341 g/mol. The van der Waals surface area contributed by atoms with Gasteiger partial charge in [-0.15, -0.1) is 17.8 Å². The van der Waals surface area contributed by atoms with Gasteiger partial charge in [0.25, 0.3) is 5.56 Å². The first kappa shape index (κ1) is 15.5. The third-order valence-electron chi connectivity index (χ3n) is 3.98. The second-order valence-corrected chi connectivity index (χ2v) is 6.52. The molecule has 0 aliphatic carbocycles. The predicted molar refractivity (Wildman–Crippen MR) is 105 cm³/mol. The Morgan fingerprint density at radius 2 is 2.04 bits per heavy atom. The molecule has 0 amide bonds. The average Bonchev–Trinajstić information content (AvgIpc) is 3.01. The minimum Gasteiger partial charge on any atom is -0.374 e. The third-order valence-corrected chi connectivity index (χ3v) is 5.09. The molecule has 0 bridgehead atoms. The Labute approximate surface area is 149 Å². The van der Waals surface area contributed by atoms with Crippen molar-refractivity contribution in [3.05, 3.63) is 59.1 Å². The fourth-order valence-corrected chi connectivity index (χ4v) is 3.92. The molecule has 3 heterocycles. The molecular weight excluding hydrogens is 329 g/mol. The molecule has 4 aromatic rings. The second-order valence-electron chi connectivity index (χ2n) is 5.52. The Hall–Kier alpha value is -3.04. The summed E-state index contributed by atoms with van der Waals surface area (Å²) in [7, 11) is 5.73. The minimum absolute atomic E-state index is 0.0758. The summed E-state index contributed by atoms with van der Waals surface area (Å²) in [5.41, 5.74) is 2.25. The molecule has 1 N–H and O–H groups in total. The lowest BCUT2D eigenvalue weighted by Gasteiger charge is -2.07. The molecule has 0 fully saturated rings. The zero-order valence-electron chi connectivity index (χ0n) is 13.2. The van der Waals surface area contributed by atoms with Gasteiger partial charge in [0, 0.05) is 34.5 Å². The van der Waals surface area contributed by atoms with Gasteiger partial charge in [-0.2, -0.15) is 0 Å². The van der Waals surface area contributed by atoms with Crippen LogP contribution in [-0.2, 0) is 0 Å². The molecule has 6 heteroatoms. The summed E-state index contributed by atoms with van der Waals surface area (Å²) in [6.45, 7) is 0.416. The molecule has 0 atom stereocenters. The van der Waals surface area contributed by atoms with Crippen molar-refractivity contribution in [3.8, 4) is 18.0 Å². The fraction of sp³-hybridized carbons (Fsp3) is 0.0526. The summed E-state index contributed by atoms with van der Waals surface area (Å²) >= 11 is 1.39. The quantitative estimate of drug-likeness (QED) is 0.460. The Balaban J connectivity index is 1.96. The molecule has 118 valence electrons. The number of anilines is 1. The molecule has 0 saturated carbocycles. The van der Waals surface area contributed by atoms with Crippen LogP contribution < -0.4 is 16.3 Å². The summed E-state index contributed by atoms with van der Waals surface area (Å²) in [4.78, 5) is 18.2.